The first-order chi connectivity index (χ1) is 14.4. The normalized spacial score (nSPS) is 14.1. The average molecular weight is 460 g/mol. The van der Waals surface area contributed by atoms with Crippen molar-refractivity contribution in [3.8, 4) is 10.6 Å². The minimum absolute atomic E-state index is 0.0381. The summed E-state index contributed by atoms with van der Waals surface area (Å²) in [5.74, 6) is -0.187. The molecular formula is C22H19Cl2N3O2S. The molecule has 1 saturated heterocycles. The van der Waals surface area contributed by atoms with Gasteiger partial charge in [-0.25, -0.2) is 4.98 Å². The Kier molecular flexibility index (Phi) is 6.09. The number of nitrogens with zero attached hydrogens (tertiary/aromatic N) is 3. The largest absolute Gasteiger partial charge is 0.335 e. The summed E-state index contributed by atoms with van der Waals surface area (Å²) in [6.07, 6.45) is 0. The summed E-state index contributed by atoms with van der Waals surface area (Å²) in [6.45, 7) is 3.69. The standard InChI is InChI=1S/C22H19Cl2N3O2S/c1-14-19(30-20(25-14)15-5-3-2-4-6-15)22(29)27-11-9-26(10-12-27)21(28)17-8-7-16(23)13-18(17)24/h2-8,13H,9-12H2,1H3. The molecule has 0 spiro atoms. The summed E-state index contributed by atoms with van der Waals surface area (Å²) in [5.41, 5.74) is 2.15. The van der Waals surface area contributed by atoms with E-state index in [9.17, 15) is 9.59 Å². The van der Waals surface area contributed by atoms with E-state index < -0.39 is 0 Å². The van der Waals surface area contributed by atoms with E-state index in [-0.39, 0.29) is 11.8 Å². The molecule has 0 unspecified atom stereocenters. The molecule has 2 heterocycles. The van der Waals surface area contributed by atoms with Gasteiger partial charge in [-0.2, -0.15) is 0 Å². The van der Waals surface area contributed by atoms with Crippen LogP contribution >= 0.6 is 34.5 Å². The number of benzene rings is 2. The molecule has 5 nitrogen and oxygen atoms in total. The third-order valence-electron chi connectivity index (χ3n) is 5.03. The molecular weight excluding hydrogens is 441 g/mol. The van der Waals surface area contributed by atoms with Gasteiger partial charge in [0, 0.05) is 36.8 Å². The van der Waals surface area contributed by atoms with Gasteiger partial charge >= 0.3 is 0 Å². The second-order valence-electron chi connectivity index (χ2n) is 7.01. The zero-order valence-corrected chi connectivity index (χ0v) is 18.6. The topological polar surface area (TPSA) is 53.5 Å². The van der Waals surface area contributed by atoms with Crippen molar-refractivity contribution < 1.29 is 9.59 Å². The number of rotatable bonds is 3. The van der Waals surface area contributed by atoms with Crippen LogP contribution in [0.4, 0.5) is 0 Å². The van der Waals surface area contributed by atoms with Gasteiger partial charge in [-0.15, -0.1) is 11.3 Å². The van der Waals surface area contributed by atoms with Crippen molar-refractivity contribution in [2.24, 2.45) is 0 Å². The summed E-state index contributed by atoms with van der Waals surface area (Å²) in [7, 11) is 0. The maximum atomic E-state index is 13.1. The molecule has 2 amide bonds. The summed E-state index contributed by atoms with van der Waals surface area (Å²) < 4.78 is 0. The first-order valence-corrected chi connectivity index (χ1v) is 11.1. The van der Waals surface area contributed by atoms with Crippen molar-refractivity contribution in [2.45, 2.75) is 6.92 Å². The molecule has 0 saturated carbocycles. The lowest BCUT2D eigenvalue weighted by Crippen LogP contribution is -2.50. The molecule has 0 radical (unpaired) electrons. The smallest absolute Gasteiger partial charge is 0.265 e. The Hall–Kier alpha value is -2.41. The minimum Gasteiger partial charge on any atom is -0.335 e. The van der Waals surface area contributed by atoms with Crippen molar-refractivity contribution in [2.75, 3.05) is 26.2 Å². The Morgan fingerprint density at radius 3 is 2.20 bits per heavy atom. The molecule has 0 N–H and O–H groups in total. The Morgan fingerprint density at radius 1 is 0.933 bits per heavy atom. The summed E-state index contributed by atoms with van der Waals surface area (Å²) in [5, 5.41) is 1.66. The molecule has 1 aromatic heterocycles. The van der Waals surface area contributed by atoms with Crippen LogP contribution in [0.2, 0.25) is 10.0 Å². The molecule has 30 heavy (non-hydrogen) atoms. The number of halogens is 2. The lowest BCUT2D eigenvalue weighted by Gasteiger charge is -2.34. The summed E-state index contributed by atoms with van der Waals surface area (Å²) >= 11 is 13.5. The number of aromatic nitrogens is 1. The molecule has 0 atom stereocenters. The third kappa shape index (κ3) is 4.21. The molecule has 8 heteroatoms. The van der Waals surface area contributed by atoms with Crippen LogP contribution in [0.1, 0.15) is 25.7 Å². The quantitative estimate of drug-likeness (QED) is 0.552. The van der Waals surface area contributed by atoms with Crippen molar-refractivity contribution in [3.63, 3.8) is 0 Å². The number of piperazine rings is 1. The molecule has 1 aliphatic heterocycles. The van der Waals surface area contributed by atoms with E-state index in [4.69, 9.17) is 23.2 Å². The van der Waals surface area contributed by atoms with Crippen LogP contribution < -0.4 is 0 Å². The van der Waals surface area contributed by atoms with Gasteiger partial charge < -0.3 is 9.80 Å². The highest BCUT2D eigenvalue weighted by Gasteiger charge is 2.28. The maximum absolute atomic E-state index is 13.1. The zero-order valence-electron chi connectivity index (χ0n) is 16.3. The fourth-order valence-electron chi connectivity index (χ4n) is 3.39. The first kappa shape index (κ1) is 20.8. The fourth-order valence-corrected chi connectivity index (χ4v) is 4.92. The highest BCUT2D eigenvalue weighted by atomic mass is 35.5. The van der Waals surface area contributed by atoms with E-state index in [1.54, 1.807) is 28.0 Å². The number of hydrogen-bond donors (Lipinski definition) is 0. The number of hydrogen-bond acceptors (Lipinski definition) is 4. The van der Waals surface area contributed by atoms with Crippen LogP contribution in [-0.4, -0.2) is 52.8 Å². The molecule has 1 aliphatic rings. The van der Waals surface area contributed by atoms with Crippen molar-refractivity contribution >= 4 is 46.4 Å². The first-order valence-electron chi connectivity index (χ1n) is 9.50. The third-order valence-corrected chi connectivity index (χ3v) is 6.77. The van der Waals surface area contributed by atoms with Gasteiger partial charge in [0.2, 0.25) is 0 Å². The Bertz CT molecular complexity index is 1090. The predicted molar refractivity (Wildman–Crippen MR) is 121 cm³/mol. The molecule has 1 fully saturated rings. The van der Waals surface area contributed by atoms with E-state index in [0.717, 1.165) is 16.3 Å². The second kappa shape index (κ2) is 8.76. The number of carbonyl (C=O) groups is 2. The highest BCUT2D eigenvalue weighted by Crippen LogP contribution is 2.29. The number of carbonyl (C=O) groups excluding carboxylic acids is 2. The Balaban J connectivity index is 1.44. The van der Waals surface area contributed by atoms with Crippen LogP contribution in [0, 0.1) is 6.92 Å². The lowest BCUT2D eigenvalue weighted by atomic mass is 10.1. The van der Waals surface area contributed by atoms with E-state index in [2.05, 4.69) is 4.98 Å². The monoisotopic (exact) mass is 459 g/mol. The van der Waals surface area contributed by atoms with Gasteiger partial charge in [-0.3, -0.25) is 9.59 Å². The molecule has 0 aliphatic carbocycles. The minimum atomic E-state index is -0.149. The number of aryl methyl sites for hydroxylation is 1. The van der Waals surface area contributed by atoms with Gasteiger partial charge in [0.15, 0.2) is 0 Å². The van der Waals surface area contributed by atoms with Crippen LogP contribution in [0.25, 0.3) is 10.6 Å². The van der Waals surface area contributed by atoms with Crippen LogP contribution in [-0.2, 0) is 0 Å². The highest BCUT2D eigenvalue weighted by molar-refractivity contribution is 7.17. The Labute approximate surface area is 188 Å². The van der Waals surface area contributed by atoms with E-state index in [1.807, 2.05) is 37.3 Å². The number of amides is 2. The maximum Gasteiger partial charge on any atom is 0.265 e. The Morgan fingerprint density at radius 2 is 1.57 bits per heavy atom. The van der Waals surface area contributed by atoms with Crippen molar-refractivity contribution in [3.05, 3.63) is 74.7 Å². The van der Waals surface area contributed by atoms with Crippen LogP contribution in [0.15, 0.2) is 48.5 Å². The summed E-state index contributed by atoms with van der Waals surface area (Å²) in [4.78, 5) is 34.6. The second-order valence-corrected chi connectivity index (χ2v) is 8.85. The molecule has 3 aromatic rings. The molecule has 4 rings (SSSR count). The van der Waals surface area contributed by atoms with Gasteiger partial charge in [0.25, 0.3) is 11.8 Å². The van der Waals surface area contributed by atoms with E-state index >= 15 is 0 Å². The van der Waals surface area contributed by atoms with Crippen LogP contribution in [0.3, 0.4) is 0 Å². The van der Waals surface area contributed by atoms with E-state index in [0.29, 0.717) is 46.7 Å². The molecule has 2 aromatic carbocycles. The van der Waals surface area contributed by atoms with Gasteiger partial charge in [0.05, 0.1) is 16.3 Å². The molecule has 154 valence electrons. The fraction of sp³-hybridized carbons (Fsp3) is 0.227. The average Bonchev–Trinajstić information content (AvgIpc) is 3.15. The summed E-state index contributed by atoms with van der Waals surface area (Å²) in [6, 6.07) is 14.7. The predicted octanol–water partition coefficient (Wildman–Crippen LogP) is 5.02. The number of thiazole rings is 1. The van der Waals surface area contributed by atoms with Crippen LogP contribution in [0.5, 0.6) is 0 Å². The molecule has 0 bridgehead atoms. The van der Waals surface area contributed by atoms with Gasteiger partial charge in [-0.05, 0) is 25.1 Å². The van der Waals surface area contributed by atoms with E-state index in [1.165, 1.54) is 11.3 Å². The van der Waals surface area contributed by atoms with Crippen molar-refractivity contribution in [1.29, 1.82) is 0 Å². The SMILES string of the molecule is Cc1nc(-c2ccccc2)sc1C(=O)N1CCN(C(=O)c2ccc(Cl)cc2Cl)CC1. The van der Waals surface area contributed by atoms with Crippen molar-refractivity contribution in [1.82, 2.24) is 14.8 Å². The van der Waals surface area contributed by atoms with Gasteiger partial charge in [0.1, 0.15) is 9.88 Å². The lowest BCUT2D eigenvalue weighted by molar-refractivity contribution is 0.0537. The zero-order chi connectivity index (χ0) is 21.3. The van der Waals surface area contributed by atoms with Gasteiger partial charge in [-0.1, -0.05) is 53.5 Å².